The number of hydrogen-bond acceptors (Lipinski definition) is 4. The van der Waals surface area contributed by atoms with Gasteiger partial charge in [-0.3, -0.25) is 9.89 Å². The lowest BCUT2D eigenvalue weighted by Crippen LogP contribution is -2.29. The van der Waals surface area contributed by atoms with Gasteiger partial charge in [0.25, 0.3) is 0 Å². The lowest BCUT2D eigenvalue weighted by Gasteiger charge is -2.21. The maximum absolute atomic E-state index is 4.50. The molecule has 1 aliphatic rings. The smallest absolute Gasteiger partial charge is 0.120 e. The fraction of sp³-hybridized carbons (Fsp3) is 0.571. The van der Waals surface area contributed by atoms with E-state index in [1.54, 1.807) is 0 Å². The first-order chi connectivity index (χ1) is 16.3. The summed E-state index contributed by atoms with van der Waals surface area (Å²) in [7, 11) is 0. The standard InChI is InChI=1S/C28H43N5/c1-3-19-32(20-4-2)21-8-6-5-7-10-25-12-14-26(15-13-25)22-33(23-27-11-9-16-29-27)24-28-30-17-18-31-28/h9,12-18H,3-8,10-11,19-24H2,1-2H3,(H,30,31). The number of hydrogen-bond donors (Lipinski definition) is 1. The maximum atomic E-state index is 4.50. The minimum absolute atomic E-state index is 0.807. The normalized spacial score (nSPS) is 13.4. The second-order valence-corrected chi connectivity index (χ2v) is 9.29. The molecule has 3 rings (SSSR count). The molecule has 180 valence electrons. The van der Waals surface area contributed by atoms with Gasteiger partial charge in [0, 0.05) is 43.8 Å². The van der Waals surface area contributed by atoms with E-state index in [-0.39, 0.29) is 0 Å². The van der Waals surface area contributed by atoms with E-state index in [0.717, 1.165) is 31.9 Å². The minimum Gasteiger partial charge on any atom is -0.348 e. The number of imidazole rings is 1. The number of nitrogens with one attached hydrogen (secondary N) is 1. The molecule has 0 spiro atoms. The van der Waals surface area contributed by atoms with Gasteiger partial charge in [-0.2, -0.15) is 0 Å². The van der Waals surface area contributed by atoms with E-state index in [9.17, 15) is 0 Å². The fourth-order valence-corrected chi connectivity index (χ4v) is 4.58. The molecule has 2 aromatic rings. The second-order valence-electron chi connectivity index (χ2n) is 9.29. The molecule has 0 atom stereocenters. The van der Waals surface area contributed by atoms with E-state index >= 15 is 0 Å². The van der Waals surface area contributed by atoms with Gasteiger partial charge in [-0.15, -0.1) is 0 Å². The number of benzene rings is 1. The average molecular weight is 450 g/mol. The quantitative estimate of drug-likeness (QED) is 0.302. The van der Waals surface area contributed by atoms with Crippen molar-refractivity contribution in [1.82, 2.24) is 19.8 Å². The first-order valence-electron chi connectivity index (χ1n) is 13.0. The van der Waals surface area contributed by atoms with Gasteiger partial charge in [0.05, 0.1) is 6.54 Å². The average Bonchev–Trinajstić information content (AvgIpc) is 3.52. The molecule has 0 bridgehead atoms. The third-order valence-electron chi connectivity index (χ3n) is 6.25. The molecule has 0 unspecified atom stereocenters. The Labute approximate surface area is 201 Å². The van der Waals surface area contributed by atoms with Gasteiger partial charge in [0.2, 0.25) is 0 Å². The first-order valence-corrected chi connectivity index (χ1v) is 13.0. The zero-order valence-electron chi connectivity index (χ0n) is 20.8. The molecule has 1 aliphatic heterocycles. The van der Waals surface area contributed by atoms with E-state index < -0.39 is 0 Å². The lowest BCUT2D eigenvalue weighted by molar-refractivity contribution is 0.268. The predicted octanol–water partition coefficient (Wildman–Crippen LogP) is 6.00. The van der Waals surface area contributed by atoms with Crippen LogP contribution in [-0.2, 0) is 19.5 Å². The molecule has 0 radical (unpaired) electrons. The van der Waals surface area contributed by atoms with Crippen LogP contribution in [0.2, 0.25) is 0 Å². The Bertz CT molecular complexity index is 816. The second kappa shape index (κ2) is 14.8. The number of rotatable bonds is 17. The van der Waals surface area contributed by atoms with Gasteiger partial charge >= 0.3 is 0 Å². The topological polar surface area (TPSA) is 47.5 Å². The third kappa shape index (κ3) is 9.65. The molecule has 0 saturated heterocycles. The summed E-state index contributed by atoms with van der Waals surface area (Å²) in [4.78, 5) is 17.2. The van der Waals surface area contributed by atoms with Gasteiger partial charge in [0.1, 0.15) is 5.82 Å². The molecular weight excluding hydrogens is 406 g/mol. The highest BCUT2D eigenvalue weighted by molar-refractivity contribution is 5.89. The molecule has 0 fully saturated rings. The molecule has 2 heterocycles. The largest absolute Gasteiger partial charge is 0.348 e. The third-order valence-corrected chi connectivity index (χ3v) is 6.25. The van der Waals surface area contributed by atoms with E-state index in [0.29, 0.717) is 0 Å². The van der Waals surface area contributed by atoms with Crippen LogP contribution < -0.4 is 0 Å². The zero-order chi connectivity index (χ0) is 23.1. The summed E-state index contributed by atoms with van der Waals surface area (Å²) >= 11 is 0. The molecule has 1 aromatic carbocycles. The molecule has 1 aromatic heterocycles. The molecule has 1 N–H and O–H groups in total. The molecule has 0 saturated carbocycles. The van der Waals surface area contributed by atoms with Crippen molar-refractivity contribution >= 4 is 5.71 Å². The van der Waals surface area contributed by atoms with Crippen LogP contribution in [0.25, 0.3) is 0 Å². The Morgan fingerprint density at radius 2 is 1.58 bits per heavy atom. The lowest BCUT2D eigenvalue weighted by atomic mass is 10.0. The first kappa shape index (κ1) is 25.4. The summed E-state index contributed by atoms with van der Waals surface area (Å²) in [5.41, 5.74) is 4.04. The number of aromatic amines is 1. The predicted molar refractivity (Wildman–Crippen MR) is 140 cm³/mol. The van der Waals surface area contributed by atoms with E-state index in [2.05, 4.69) is 68.9 Å². The molecule has 5 nitrogen and oxygen atoms in total. The number of aliphatic imine (C=N–C) groups is 1. The summed E-state index contributed by atoms with van der Waals surface area (Å²) in [6.45, 7) is 10.9. The van der Waals surface area contributed by atoms with Crippen molar-refractivity contribution < 1.29 is 0 Å². The summed E-state index contributed by atoms with van der Waals surface area (Å²) < 4.78 is 0. The Hall–Kier alpha value is -2.24. The van der Waals surface area contributed by atoms with Crippen molar-refractivity contribution in [3.05, 3.63) is 65.9 Å². The van der Waals surface area contributed by atoms with Gasteiger partial charge in [0.15, 0.2) is 0 Å². The van der Waals surface area contributed by atoms with Crippen molar-refractivity contribution in [3.63, 3.8) is 0 Å². The Balaban J connectivity index is 1.39. The van der Waals surface area contributed by atoms with E-state index in [1.165, 1.54) is 81.4 Å². The summed E-state index contributed by atoms with van der Waals surface area (Å²) in [5, 5.41) is 0. The van der Waals surface area contributed by atoms with Crippen molar-refractivity contribution in [2.24, 2.45) is 4.99 Å². The van der Waals surface area contributed by atoms with Gasteiger partial charge in [-0.25, -0.2) is 4.98 Å². The van der Waals surface area contributed by atoms with Crippen molar-refractivity contribution in [2.45, 2.75) is 78.3 Å². The Morgan fingerprint density at radius 1 is 0.818 bits per heavy atom. The SMILES string of the molecule is CCCN(CCC)CCCCCCc1ccc(CN(CC2=NC=CC2)Cc2ncc[nH]2)cc1. The van der Waals surface area contributed by atoms with Gasteiger partial charge in [-0.05, 0) is 62.9 Å². The minimum atomic E-state index is 0.807. The van der Waals surface area contributed by atoms with Crippen LogP contribution in [0.15, 0.2) is 53.9 Å². The Kier molecular flexibility index (Phi) is 11.4. The summed E-state index contributed by atoms with van der Waals surface area (Å²) in [6, 6.07) is 9.23. The van der Waals surface area contributed by atoms with Crippen LogP contribution >= 0.6 is 0 Å². The number of H-pyrrole nitrogens is 1. The highest BCUT2D eigenvalue weighted by atomic mass is 15.2. The van der Waals surface area contributed by atoms with Crippen molar-refractivity contribution in [2.75, 3.05) is 26.2 Å². The monoisotopic (exact) mass is 449 g/mol. The maximum Gasteiger partial charge on any atom is 0.120 e. The molecule has 5 heteroatoms. The number of nitrogens with zero attached hydrogens (tertiary/aromatic N) is 4. The summed E-state index contributed by atoms with van der Waals surface area (Å²) in [5.74, 6) is 1.01. The van der Waals surface area contributed by atoms with E-state index in [4.69, 9.17) is 0 Å². The van der Waals surface area contributed by atoms with Crippen molar-refractivity contribution in [1.29, 1.82) is 0 Å². The van der Waals surface area contributed by atoms with Crippen LogP contribution in [0, 0.1) is 0 Å². The molecule has 33 heavy (non-hydrogen) atoms. The molecule has 0 amide bonds. The molecular formula is C28H43N5. The Morgan fingerprint density at radius 3 is 2.24 bits per heavy atom. The van der Waals surface area contributed by atoms with Crippen LogP contribution in [0.3, 0.4) is 0 Å². The van der Waals surface area contributed by atoms with Crippen LogP contribution in [0.4, 0.5) is 0 Å². The highest BCUT2D eigenvalue weighted by Gasteiger charge is 2.13. The van der Waals surface area contributed by atoms with E-state index in [1.807, 2.05) is 18.6 Å². The van der Waals surface area contributed by atoms with Crippen LogP contribution in [-0.4, -0.2) is 51.7 Å². The highest BCUT2D eigenvalue weighted by Crippen LogP contribution is 2.14. The number of aryl methyl sites for hydroxylation is 1. The fourth-order valence-electron chi connectivity index (χ4n) is 4.58. The van der Waals surface area contributed by atoms with Gasteiger partial charge < -0.3 is 9.88 Å². The molecule has 0 aliphatic carbocycles. The van der Waals surface area contributed by atoms with Gasteiger partial charge in [-0.1, -0.05) is 57.0 Å². The van der Waals surface area contributed by atoms with Crippen molar-refractivity contribution in [3.8, 4) is 0 Å². The number of unbranched alkanes of at least 4 members (excludes halogenated alkanes) is 3. The number of allylic oxidation sites excluding steroid dienone is 1. The summed E-state index contributed by atoms with van der Waals surface area (Å²) in [6.07, 6.45) is 17.8. The van der Waals surface area contributed by atoms with Crippen LogP contribution in [0.1, 0.15) is 75.7 Å². The zero-order valence-corrected chi connectivity index (χ0v) is 20.8. The van der Waals surface area contributed by atoms with Crippen LogP contribution in [0.5, 0.6) is 0 Å². The number of aromatic nitrogens is 2.